The lowest BCUT2D eigenvalue weighted by Crippen LogP contribution is -2.61. The molecular formula is C53H81NO14. The number of hydrogen-bond acceptors (Lipinski definition) is 14. The van der Waals surface area contributed by atoms with Crippen molar-refractivity contribution < 1.29 is 67.4 Å². The van der Waals surface area contributed by atoms with E-state index in [-0.39, 0.29) is 54.8 Å². The van der Waals surface area contributed by atoms with Crippen LogP contribution in [0.5, 0.6) is 0 Å². The van der Waals surface area contributed by atoms with E-state index in [4.69, 9.17) is 28.4 Å². The molecule has 1 aliphatic carbocycles. The van der Waals surface area contributed by atoms with Crippen LogP contribution in [-0.4, -0.2) is 133 Å². The highest BCUT2D eigenvalue weighted by molar-refractivity contribution is 6.39. The number of piperidine rings is 1. The van der Waals surface area contributed by atoms with Gasteiger partial charge in [0.1, 0.15) is 18.2 Å². The van der Waals surface area contributed by atoms with Gasteiger partial charge in [-0.2, -0.15) is 0 Å². The Bertz CT molecular complexity index is 1870. The van der Waals surface area contributed by atoms with Crippen LogP contribution in [0, 0.1) is 35.5 Å². The number of fused-ring (bicyclic) bond motifs is 3. The van der Waals surface area contributed by atoms with Crippen LogP contribution in [0.3, 0.4) is 0 Å². The minimum atomic E-state index is -2.44. The molecule has 0 radical (unpaired) electrons. The zero-order valence-corrected chi connectivity index (χ0v) is 42.5. The Morgan fingerprint density at radius 1 is 0.897 bits per heavy atom. The first-order chi connectivity index (χ1) is 32.1. The predicted octanol–water partition coefficient (Wildman–Crippen LogP) is 6.75. The summed E-state index contributed by atoms with van der Waals surface area (Å²) in [6.07, 6.45) is 11.2. The fourth-order valence-corrected chi connectivity index (χ4v) is 10.5. The second-order valence-corrected chi connectivity index (χ2v) is 20.2. The molecule has 0 aromatic carbocycles. The van der Waals surface area contributed by atoms with Crippen LogP contribution >= 0.6 is 0 Å². The van der Waals surface area contributed by atoms with Gasteiger partial charge in [-0.05, 0) is 107 Å². The van der Waals surface area contributed by atoms with Gasteiger partial charge in [0.25, 0.3) is 11.7 Å². The summed E-state index contributed by atoms with van der Waals surface area (Å²) in [5.41, 5.74) is 1.17. The van der Waals surface area contributed by atoms with E-state index in [0.717, 1.165) is 5.57 Å². The van der Waals surface area contributed by atoms with Gasteiger partial charge >= 0.3 is 11.9 Å². The minimum Gasteiger partial charge on any atom is -0.460 e. The van der Waals surface area contributed by atoms with Crippen molar-refractivity contribution in [2.24, 2.45) is 35.5 Å². The highest BCUT2D eigenvalue weighted by atomic mass is 16.6. The molecule has 3 fully saturated rings. The average Bonchev–Trinajstić information content (AvgIpc) is 3.30. The van der Waals surface area contributed by atoms with Crippen LogP contribution in [0.1, 0.15) is 132 Å². The van der Waals surface area contributed by atoms with E-state index in [0.29, 0.717) is 69.8 Å². The van der Waals surface area contributed by atoms with E-state index in [9.17, 15) is 39.0 Å². The van der Waals surface area contributed by atoms with Gasteiger partial charge in [-0.3, -0.25) is 24.0 Å². The van der Waals surface area contributed by atoms with Crippen molar-refractivity contribution in [2.45, 2.75) is 187 Å². The summed E-state index contributed by atoms with van der Waals surface area (Å²) in [5, 5.41) is 22.5. The zero-order chi connectivity index (χ0) is 50.5. The number of methoxy groups -OCH3 is 3. The summed E-state index contributed by atoms with van der Waals surface area (Å²) < 4.78 is 35.4. The van der Waals surface area contributed by atoms with Crippen LogP contribution in [0.25, 0.3) is 0 Å². The number of Topliss-reactive ketones (excluding diaryl/α,β-unsaturated/α-hetero) is 3. The number of ketones is 3. The summed E-state index contributed by atoms with van der Waals surface area (Å²) in [5.74, 6) is -8.74. The van der Waals surface area contributed by atoms with Gasteiger partial charge in [0, 0.05) is 65.4 Å². The molecule has 4 rings (SSSR count). The van der Waals surface area contributed by atoms with Gasteiger partial charge in [-0.25, -0.2) is 4.79 Å². The molecule has 15 heteroatoms. The highest BCUT2D eigenvalue weighted by Crippen LogP contribution is 2.38. The van der Waals surface area contributed by atoms with Gasteiger partial charge in [-0.15, -0.1) is 0 Å². The Morgan fingerprint density at radius 3 is 2.28 bits per heavy atom. The molecule has 0 spiro atoms. The molecule has 4 aliphatic rings. The van der Waals surface area contributed by atoms with E-state index < -0.39 is 89.8 Å². The number of aliphatic hydroxyl groups excluding tert-OH is 1. The maximum atomic E-state index is 14.4. The molecular weight excluding hydrogens is 875 g/mol. The van der Waals surface area contributed by atoms with E-state index in [1.807, 2.05) is 58.1 Å². The lowest BCUT2D eigenvalue weighted by molar-refractivity contribution is -0.265. The number of amides is 1. The largest absolute Gasteiger partial charge is 0.460 e. The number of carbonyl (C=O) groups is 6. The van der Waals surface area contributed by atoms with Crippen LogP contribution in [0.4, 0.5) is 0 Å². The van der Waals surface area contributed by atoms with Crippen LogP contribution in [-0.2, 0) is 57.2 Å². The molecule has 15 nitrogen and oxygen atoms in total. The van der Waals surface area contributed by atoms with Crippen molar-refractivity contribution in [3.05, 3.63) is 47.6 Å². The maximum absolute atomic E-state index is 14.4. The standard InChI is InChI=1S/C53H81NO14/c1-31-17-13-12-14-18-32(2)44(63-9)29-40-22-20-37(7)53(62,68-40)50(59)51(60)54-24-16-15-19-41(54)52(61)67-45(34(4)27-39-21-23-42(56)46(28-39)64-10)30-43(57)33(3)26-36(6)48(66-38(8)55)49(65-11)47(58)35(5)25-31/h12-14,17-18,26,31,34-37,39-42,44-46,48-49,56,62H,15-16,19-25,27-30H2,1-11H3/t31-,34-,35?,36?,37?,39?,40+,41?,42-,44+,45?,46?,48+,49+,53?/m1/s1. The lowest BCUT2D eigenvalue weighted by atomic mass is 9.78. The molecule has 1 saturated carbocycles. The third-order valence-electron chi connectivity index (χ3n) is 14.8. The SMILES string of the molecule is COC1CC(C[C@@H](C)C2CC(=O)C(C)=CC(C)[C@H](OC(C)=O)[C@@H](OC)C(=O)C(C)C[C@H](C)C=CC=CC=C(C)[C@@H](OC)C[C@@H]3CCC(C)C(O)(O3)C(=O)C(=O)N3CCCCC3C(=O)O2)CC[C@H]1O. The first kappa shape index (κ1) is 56.7. The number of nitrogens with zero attached hydrogens (tertiary/aromatic N) is 1. The number of ether oxygens (including phenoxy) is 6. The van der Waals surface area contributed by atoms with E-state index in [1.165, 1.54) is 18.9 Å². The van der Waals surface area contributed by atoms with Crippen LogP contribution in [0.15, 0.2) is 47.6 Å². The molecule has 2 bridgehead atoms. The lowest BCUT2D eigenvalue weighted by Gasteiger charge is -2.42. The Kier molecular flexibility index (Phi) is 22.0. The monoisotopic (exact) mass is 956 g/mol. The van der Waals surface area contributed by atoms with Gasteiger partial charge < -0.3 is 43.5 Å². The van der Waals surface area contributed by atoms with Crippen molar-refractivity contribution in [1.29, 1.82) is 0 Å². The fourth-order valence-electron chi connectivity index (χ4n) is 10.5. The second-order valence-electron chi connectivity index (χ2n) is 20.2. The molecule has 68 heavy (non-hydrogen) atoms. The summed E-state index contributed by atoms with van der Waals surface area (Å²) in [4.78, 5) is 85.0. The topological polar surface area (TPSA) is 202 Å². The number of aliphatic hydroxyl groups is 2. The molecule has 3 heterocycles. The van der Waals surface area contributed by atoms with E-state index in [1.54, 1.807) is 41.1 Å². The molecule has 15 atom stereocenters. The van der Waals surface area contributed by atoms with Gasteiger partial charge in [0.2, 0.25) is 5.79 Å². The van der Waals surface area contributed by atoms with Crippen molar-refractivity contribution >= 4 is 35.2 Å². The molecule has 0 aromatic rings. The van der Waals surface area contributed by atoms with Crippen molar-refractivity contribution in [1.82, 2.24) is 4.90 Å². The number of carbonyl (C=O) groups excluding carboxylic acids is 6. The van der Waals surface area contributed by atoms with E-state index >= 15 is 0 Å². The third kappa shape index (κ3) is 15.1. The fraction of sp³-hybridized carbons (Fsp3) is 0.736. The second kappa shape index (κ2) is 26.4. The first-order valence-corrected chi connectivity index (χ1v) is 24.8. The molecule has 382 valence electrons. The quantitative estimate of drug-likeness (QED) is 0.200. The zero-order valence-electron chi connectivity index (χ0n) is 42.5. The average molecular weight is 956 g/mol. The highest BCUT2D eigenvalue weighted by Gasteiger charge is 2.53. The minimum absolute atomic E-state index is 0.0104. The summed E-state index contributed by atoms with van der Waals surface area (Å²) in [6, 6.07) is -1.16. The van der Waals surface area contributed by atoms with Crippen molar-refractivity contribution in [3.63, 3.8) is 0 Å². The molecule has 1 amide bonds. The number of hydrogen-bond donors (Lipinski definition) is 2. The van der Waals surface area contributed by atoms with Gasteiger partial charge in [0.05, 0.1) is 24.4 Å². The Hall–Kier alpha value is -3.86. The Morgan fingerprint density at radius 2 is 1.62 bits per heavy atom. The van der Waals surface area contributed by atoms with Gasteiger partial charge in [-0.1, -0.05) is 71.1 Å². The third-order valence-corrected chi connectivity index (χ3v) is 14.8. The van der Waals surface area contributed by atoms with Gasteiger partial charge in [0.15, 0.2) is 17.7 Å². The molecule has 0 aromatic heterocycles. The van der Waals surface area contributed by atoms with Crippen LogP contribution < -0.4 is 0 Å². The number of esters is 2. The normalized spacial score (nSPS) is 36.6. The van der Waals surface area contributed by atoms with Crippen molar-refractivity contribution in [3.8, 4) is 0 Å². The number of cyclic esters (lactones) is 1. The Labute approximate surface area is 404 Å². The predicted molar refractivity (Wildman–Crippen MR) is 255 cm³/mol. The summed E-state index contributed by atoms with van der Waals surface area (Å²) in [7, 11) is 4.52. The van der Waals surface area contributed by atoms with Crippen molar-refractivity contribution in [2.75, 3.05) is 27.9 Å². The number of allylic oxidation sites excluding steroid dienone is 6. The molecule has 3 aliphatic heterocycles. The van der Waals surface area contributed by atoms with E-state index in [2.05, 4.69) is 0 Å². The smallest absolute Gasteiger partial charge is 0.329 e. The molecule has 8 unspecified atom stereocenters. The summed E-state index contributed by atoms with van der Waals surface area (Å²) >= 11 is 0. The number of rotatable bonds is 7. The van der Waals surface area contributed by atoms with Crippen LogP contribution in [0.2, 0.25) is 0 Å². The summed E-state index contributed by atoms with van der Waals surface area (Å²) in [6.45, 7) is 14.0. The first-order valence-electron chi connectivity index (χ1n) is 24.8. The Balaban J connectivity index is 1.75. The molecule has 2 N–H and O–H groups in total. The molecule has 2 saturated heterocycles. The maximum Gasteiger partial charge on any atom is 0.329 e.